The van der Waals surface area contributed by atoms with E-state index in [9.17, 15) is 15.0 Å². The summed E-state index contributed by atoms with van der Waals surface area (Å²) in [5.41, 5.74) is 0. The molecule has 0 fully saturated rings. The van der Waals surface area contributed by atoms with Gasteiger partial charge in [0.2, 0.25) is 5.91 Å². The van der Waals surface area contributed by atoms with Crippen LogP contribution in [0.1, 0.15) is 245 Å². The fourth-order valence-electron chi connectivity index (χ4n) is 7.01. The van der Waals surface area contributed by atoms with Gasteiger partial charge >= 0.3 is 0 Å². The summed E-state index contributed by atoms with van der Waals surface area (Å²) in [7, 11) is 0. The first-order valence-electron chi connectivity index (χ1n) is 23.2. The van der Waals surface area contributed by atoms with Crippen LogP contribution in [0, 0.1) is 0 Å². The number of amides is 1. The highest BCUT2D eigenvalue weighted by Gasteiger charge is 2.17. The molecule has 0 rings (SSSR count). The number of aliphatic hydroxyl groups is 2. The average Bonchev–Trinajstić information content (AvgIpc) is 3.15. The number of nitrogens with one attached hydrogen (secondary N) is 1. The van der Waals surface area contributed by atoms with Crippen molar-refractivity contribution in [2.24, 2.45) is 0 Å². The van der Waals surface area contributed by atoms with E-state index in [-0.39, 0.29) is 12.5 Å². The van der Waals surface area contributed by atoms with Crippen molar-refractivity contribution in [3.63, 3.8) is 0 Å². The van der Waals surface area contributed by atoms with Gasteiger partial charge in [-0.25, -0.2) is 0 Å². The monoisotopic (exact) mass is 730 g/mol. The molecule has 0 heterocycles. The largest absolute Gasteiger partial charge is 0.394 e. The summed E-state index contributed by atoms with van der Waals surface area (Å²) in [5, 5.41) is 23.0. The van der Waals surface area contributed by atoms with E-state index in [4.69, 9.17) is 0 Å². The molecule has 0 spiro atoms. The average molecular weight is 730 g/mol. The van der Waals surface area contributed by atoms with Crippen LogP contribution in [0.15, 0.2) is 36.5 Å². The fourth-order valence-corrected chi connectivity index (χ4v) is 7.01. The Morgan fingerprint density at radius 3 is 1.15 bits per heavy atom. The Bertz CT molecular complexity index is 790. The van der Waals surface area contributed by atoms with Crippen molar-refractivity contribution in [1.82, 2.24) is 5.32 Å². The molecule has 4 heteroatoms. The minimum Gasteiger partial charge on any atom is -0.394 e. The molecule has 0 bridgehead atoms. The molecule has 0 radical (unpaired) electrons. The van der Waals surface area contributed by atoms with Gasteiger partial charge in [-0.15, -0.1) is 0 Å². The third kappa shape index (κ3) is 39.8. The van der Waals surface area contributed by atoms with E-state index in [0.717, 1.165) is 44.9 Å². The Morgan fingerprint density at radius 1 is 0.442 bits per heavy atom. The first kappa shape index (κ1) is 50.6. The highest BCUT2D eigenvalue weighted by Crippen LogP contribution is 2.16. The molecular weight excluding hydrogens is 639 g/mol. The lowest BCUT2D eigenvalue weighted by molar-refractivity contribution is -0.123. The van der Waals surface area contributed by atoms with Crippen molar-refractivity contribution in [2.45, 2.75) is 257 Å². The summed E-state index contributed by atoms with van der Waals surface area (Å²) >= 11 is 0. The molecule has 2 atom stereocenters. The van der Waals surface area contributed by atoms with Crippen LogP contribution < -0.4 is 5.32 Å². The van der Waals surface area contributed by atoms with Gasteiger partial charge in [0, 0.05) is 6.42 Å². The van der Waals surface area contributed by atoms with Gasteiger partial charge in [-0.2, -0.15) is 0 Å². The Balaban J connectivity index is 3.52. The summed E-state index contributed by atoms with van der Waals surface area (Å²) < 4.78 is 0. The van der Waals surface area contributed by atoms with Gasteiger partial charge in [-0.1, -0.05) is 217 Å². The molecule has 0 aromatic heterocycles. The molecule has 1 amide bonds. The highest BCUT2D eigenvalue weighted by atomic mass is 16.3. The van der Waals surface area contributed by atoms with Crippen molar-refractivity contribution < 1.29 is 15.0 Å². The summed E-state index contributed by atoms with van der Waals surface area (Å²) in [4.78, 5) is 12.3. The molecule has 0 aliphatic rings. The second-order valence-corrected chi connectivity index (χ2v) is 15.8. The first-order chi connectivity index (χ1) is 25.7. The number of hydrogen-bond donors (Lipinski definition) is 3. The Labute approximate surface area is 325 Å². The van der Waals surface area contributed by atoms with Gasteiger partial charge in [0.15, 0.2) is 0 Å². The fraction of sp³-hybridized carbons (Fsp3) is 0.854. The molecule has 306 valence electrons. The summed E-state index contributed by atoms with van der Waals surface area (Å²) in [6.07, 6.45) is 58.5. The molecule has 52 heavy (non-hydrogen) atoms. The molecule has 0 aromatic rings. The molecule has 0 saturated carbocycles. The van der Waals surface area contributed by atoms with Gasteiger partial charge in [-0.3, -0.25) is 4.79 Å². The van der Waals surface area contributed by atoms with E-state index in [1.165, 1.54) is 180 Å². The minimum atomic E-state index is -0.864. The smallest absolute Gasteiger partial charge is 0.220 e. The lowest BCUT2D eigenvalue weighted by Crippen LogP contribution is -2.45. The van der Waals surface area contributed by atoms with Crippen LogP contribution in [-0.4, -0.2) is 34.9 Å². The zero-order valence-corrected chi connectivity index (χ0v) is 35.1. The van der Waals surface area contributed by atoms with Crippen LogP contribution >= 0.6 is 0 Å². The van der Waals surface area contributed by atoms with E-state index in [1.54, 1.807) is 6.08 Å². The van der Waals surface area contributed by atoms with Gasteiger partial charge < -0.3 is 15.5 Å². The van der Waals surface area contributed by atoms with E-state index >= 15 is 0 Å². The van der Waals surface area contributed by atoms with Crippen LogP contribution in [0.2, 0.25) is 0 Å². The van der Waals surface area contributed by atoms with Gasteiger partial charge in [0.1, 0.15) is 0 Å². The molecule has 0 aliphatic carbocycles. The van der Waals surface area contributed by atoms with E-state index in [2.05, 4.69) is 43.5 Å². The topological polar surface area (TPSA) is 69.6 Å². The molecular formula is C48H91NO3. The third-order valence-corrected chi connectivity index (χ3v) is 10.6. The molecule has 2 unspecified atom stereocenters. The minimum absolute atomic E-state index is 0.0835. The van der Waals surface area contributed by atoms with Gasteiger partial charge in [-0.05, 0) is 57.8 Å². The number of carbonyl (C=O) groups excluding carboxylic acids is 1. The number of rotatable bonds is 42. The summed E-state index contributed by atoms with van der Waals surface area (Å²) in [6.45, 7) is 4.28. The maximum absolute atomic E-state index is 12.3. The van der Waals surface area contributed by atoms with Crippen LogP contribution in [-0.2, 0) is 4.79 Å². The molecule has 0 saturated heterocycles. The number of carbonyl (C=O) groups is 1. The molecule has 4 nitrogen and oxygen atoms in total. The van der Waals surface area contributed by atoms with Gasteiger partial charge in [0.25, 0.3) is 0 Å². The van der Waals surface area contributed by atoms with Crippen molar-refractivity contribution in [1.29, 1.82) is 0 Å². The van der Waals surface area contributed by atoms with Gasteiger partial charge in [0.05, 0.1) is 18.8 Å². The van der Waals surface area contributed by atoms with Crippen molar-refractivity contribution in [3.05, 3.63) is 36.5 Å². The second-order valence-electron chi connectivity index (χ2n) is 15.8. The Hall–Kier alpha value is -1.39. The number of hydrogen-bond acceptors (Lipinski definition) is 3. The summed E-state index contributed by atoms with van der Waals surface area (Å²) in [6, 6.07) is -0.641. The summed E-state index contributed by atoms with van der Waals surface area (Å²) in [5.74, 6) is -0.0835. The maximum Gasteiger partial charge on any atom is 0.220 e. The van der Waals surface area contributed by atoms with E-state index in [1.807, 2.05) is 6.08 Å². The maximum atomic E-state index is 12.3. The van der Waals surface area contributed by atoms with Crippen molar-refractivity contribution in [3.8, 4) is 0 Å². The Morgan fingerprint density at radius 2 is 0.750 bits per heavy atom. The number of aliphatic hydroxyl groups excluding tert-OH is 2. The predicted molar refractivity (Wildman–Crippen MR) is 230 cm³/mol. The lowest BCUT2D eigenvalue weighted by atomic mass is 10.0. The normalized spacial score (nSPS) is 13.2. The standard InChI is InChI=1S/C48H91NO3/c1-3-5-7-9-11-13-15-17-18-19-20-21-22-23-24-25-26-27-28-29-30-31-32-33-35-37-39-41-43-47(51)46(45-50)49-48(52)44-42-40-38-36-34-16-14-12-10-8-6-4-2/h12,14,33,35,41,43,46-47,50-51H,3-11,13,15-32,34,36-40,42,44-45H2,1-2H3,(H,49,52)/b14-12-,35-33+,43-41+. The quantitative estimate of drug-likeness (QED) is 0.0433. The SMILES string of the molecule is CCCCC/C=C\CCCCCCCC(=O)NC(CO)C(O)/C=C/CC/C=C/CCCCCCCCCCCCCCCCCCCCCCCC. The molecule has 3 N–H and O–H groups in total. The van der Waals surface area contributed by atoms with Crippen LogP contribution in [0.25, 0.3) is 0 Å². The zero-order valence-electron chi connectivity index (χ0n) is 35.1. The van der Waals surface area contributed by atoms with Crippen LogP contribution in [0.5, 0.6) is 0 Å². The van der Waals surface area contributed by atoms with Crippen LogP contribution in [0.3, 0.4) is 0 Å². The number of allylic oxidation sites excluding steroid dienone is 5. The molecule has 0 aliphatic heterocycles. The third-order valence-electron chi connectivity index (χ3n) is 10.6. The Kier molecular flexibility index (Phi) is 42.8. The molecule has 0 aromatic carbocycles. The van der Waals surface area contributed by atoms with Crippen LogP contribution in [0.4, 0.5) is 0 Å². The van der Waals surface area contributed by atoms with E-state index in [0.29, 0.717) is 6.42 Å². The van der Waals surface area contributed by atoms with Crippen molar-refractivity contribution >= 4 is 5.91 Å². The lowest BCUT2D eigenvalue weighted by Gasteiger charge is -2.19. The predicted octanol–water partition coefficient (Wildman–Crippen LogP) is 14.6. The number of unbranched alkanes of at least 4 members (excludes halogenated alkanes) is 31. The van der Waals surface area contributed by atoms with Crippen molar-refractivity contribution in [2.75, 3.05) is 6.61 Å². The first-order valence-corrected chi connectivity index (χ1v) is 23.2. The zero-order chi connectivity index (χ0) is 37.8. The van der Waals surface area contributed by atoms with E-state index < -0.39 is 12.1 Å². The highest BCUT2D eigenvalue weighted by molar-refractivity contribution is 5.76. The second kappa shape index (κ2) is 44.0.